The minimum atomic E-state index is -0.801. The highest BCUT2D eigenvalue weighted by Crippen LogP contribution is 2.22. The predicted molar refractivity (Wildman–Crippen MR) is 65.8 cm³/mol. The van der Waals surface area contributed by atoms with Gasteiger partial charge in [-0.3, -0.25) is 0 Å². The third-order valence-electron chi connectivity index (χ3n) is 2.87. The number of nitrogens with one attached hydrogen (secondary N) is 1. The van der Waals surface area contributed by atoms with Gasteiger partial charge in [-0.15, -0.1) is 0 Å². The van der Waals surface area contributed by atoms with E-state index in [1.54, 1.807) is 0 Å². The molecule has 2 fully saturated rings. The summed E-state index contributed by atoms with van der Waals surface area (Å²) in [7, 11) is 0. The minimum Gasteiger partial charge on any atom is -0.444 e. The van der Waals surface area contributed by atoms with Crippen molar-refractivity contribution >= 4 is 12.2 Å². The van der Waals surface area contributed by atoms with Gasteiger partial charge in [0.1, 0.15) is 5.60 Å². The van der Waals surface area contributed by atoms with E-state index in [0.29, 0.717) is 19.7 Å². The monoisotopic (exact) mass is 272 g/mol. The van der Waals surface area contributed by atoms with Gasteiger partial charge in [-0.25, -0.2) is 9.59 Å². The van der Waals surface area contributed by atoms with E-state index in [0.717, 1.165) is 0 Å². The molecule has 0 aromatic rings. The van der Waals surface area contributed by atoms with Crippen LogP contribution < -0.4 is 5.32 Å². The van der Waals surface area contributed by atoms with Crippen molar-refractivity contribution < 1.29 is 23.8 Å². The second kappa shape index (κ2) is 4.88. The quantitative estimate of drug-likeness (QED) is 0.703. The van der Waals surface area contributed by atoms with Crippen molar-refractivity contribution in [2.75, 3.05) is 32.8 Å². The summed E-state index contributed by atoms with van der Waals surface area (Å²) in [6.07, 6.45) is -0.894. The first-order valence-electron chi connectivity index (χ1n) is 6.32. The molecule has 0 unspecified atom stereocenters. The van der Waals surface area contributed by atoms with E-state index < -0.39 is 23.4 Å². The number of nitrogens with zero attached hydrogens (tertiary/aromatic N) is 1. The summed E-state index contributed by atoms with van der Waals surface area (Å²) in [5.74, 6) is 0. The molecule has 0 aromatic heterocycles. The number of hydrogen-bond acceptors (Lipinski definition) is 5. The normalized spacial score (nSPS) is 27.7. The van der Waals surface area contributed by atoms with Crippen LogP contribution >= 0.6 is 0 Å². The third-order valence-corrected chi connectivity index (χ3v) is 2.87. The maximum atomic E-state index is 12.1. The predicted octanol–water partition coefficient (Wildman–Crippen LogP) is 0.732. The number of carbonyl (C=O) groups is 2. The van der Waals surface area contributed by atoms with E-state index in [1.165, 1.54) is 4.90 Å². The second-order valence-corrected chi connectivity index (χ2v) is 5.88. The van der Waals surface area contributed by atoms with Crippen LogP contribution in [0.5, 0.6) is 0 Å². The van der Waals surface area contributed by atoms with Gasteiger partial charge >= 0.3 is 12.2 Å². The molecule has 2 aliphatic rings. The lowest BCUT2D eigenvalue weighted by atomic mass is 10.1. The Hall–Kier alpha value is -1.50. The highest BCUT2D eigenvalue weighted by atomic mass is 16.6. The summed E-state index contributed by atoms with van der Waals surface area (Å²) in [6, 6.07) is 0. The number of hydrogen-bond donors (Lipinski definition) is 1. The Morgan fingerprint density at radius 3 is 2.79 bits per heavy atom. The van der Waals surface area contributed by atoms with Gasteiger partial charge in [0.2, 0.25) is 0 Å². The zero-order chi connectivity index (χ0) is 14.1. The van der Waals surface area contributed by atoms with E-state index in [9.17, 15) is 9.59 Å². The Morgan fingerprint density at radius 2 is 2.21 bits per heavy atom. The topological polar surface area (TPSA) is 77.1 Å². The maximum Gasteiger partial charge on any atom is 0.410 e. The molecule has 108 valence electrons. The van der Waals surface area contributed by atoms with Crippen molar-refractivity contribution in [2.24, 2.45) is 0 Å². The van der Waals surface area contributed by atoms with Crippen LogP contribution in [0.1, 0.15) is 20.8 Å². The van der Waals surface area contributed by atoms with Crippen LogP contribution in [0, 0.1) is 0 Å². The first-order chi connectivity index (χ1) is 8.80. The molecule has 0 radical (unpaired) electrons. The fourth-order valence-electron chi connectivity index (χ4n) is 2.06. The van der Waals surface area contributed by atoms with Gasteiger partial charge in [-0.05, 0) is 20.8 Å². The molecule has 2 saturated heterocycles. The van der Waals surface area contributed by atoms with Crippen molar-refractivity contribution in [2.45, 2.75) is 32.0 Å². The van der Waals surface area contributed by atoms with Crippen LogP contribution in [-0.4, -0.2) is 61.1 Å². The van der Waals surface area contributed by atoms with Gasteiger partial charge in [-0.1, -0.05) is 0 Å². The van der Waals surface area contributed by atoms with Gasteiger partial charge < -0.3 is 24.4 Å². The third kappa shape index (κ3) is 3.50. The van der Waals surface area contributed by atoms with E-state index in [2.05, 4.69) is 5.32 Å². The number of rotatable bonds is 0. The lowest BCUT2D eigenvalue weighted by Gasteiger charge is -2.31. The highest BCUT2D eigenvalue weighted by Gasteiger charge is 2.45. The van der Waals surface area contributed by atoms with E-state index in [1.807, 2.05) is 20.8 Å². The molecule has 0 aliphatic carbocycles. The zero-order valence-corrected chi connectivity index (χ0v) is 11.5. The number of amides is 2. The van der Waals surface area contributed by atoms with Crippen molar-refractivity contribution in [3.63, 3.8) is 0 Å². The van der Waals surface area contributed by atoms with Gasteiger partial charge in [0.05, 0.1) is 26.3 Å². The molecule has 2 heterocycles. The molecular weight excluding hydrogens is 252 g/mol. The molecule has 1 N–H and O–H groups in total. The van der Waals surface area contributed by atoms with Crippen molar-refractivity contribution in [3.05, 3.63) is 0 Å². The van der Waals surface area contributed by atoms with Gasteiger partial charge in [-0.2, -0.15) is 0 Å². The highest BCUT2D eigenvalue weighted by molar-refractivity contribution is 5.71. The fourth-order valence-corrected chi connectivity index (χ4v) is 2.06. The lowest BCUT2D eigenvalue weighted by molar-refractivity contribution is -0.0207. The minimum absolute atomic E-state index is 0.278. The Labute approximate surface area is 112 Å². The molecule has 2 amide bonds. The van der Waals surface area contributed by atoms with Crippen LogP contribution in [0.25, 0.3) is 0 Å². The first kappa shape index (κ1) is 13.9. The summed E-state index contributed by atoms with van der Waals surface area (Å²) in [5.41, 5.74) is -1.35. The summed E-state index contributed by atoms with van der Waals surface area (Å²) < 4.78 is 16.0. The van der Waals surface area contributed by atoms with Crippen LogP contribution in [0.15, 0.2) is 0 Å². The molecule has 7 nitrogen and oxygen atoms in total. The van der Waals surface area contributed by atoms with Crippen LogP contribution in [0.2, 0.25) is 0 Å². The van der Waals surface area contributed by atoms with Gasteiger partial charge in [0.25, 0.3) is 0 Å². The molecule has 0 saturated carbocycles. The SMILES string of the molecule is CC(C)(C)OC(=O)N1CCOC[C@@]2(CNC(=O)O2)C1. The number of ether oxygens (including phenoxy) is 3. The maximum absolute atomic E-state index is 12.1. The van der Waals surface area contributed by atoms with E-state index >= 15 is 0 Å². The molecule has 7 heteroatoms. The zero-order valence-electron chi connectivity index (χ0n) is 11.5. The van der Waals surface area contributed by atoms with Crippen LogP contribution in [0.3, 0.4) is 0 Å². The standard InChI is InChI=1S/C12H20N2O5/c1-11(2,3)19-10(16)14-4-5-17-8-12(7-14)6-13-9(15)18-12/h4-8H2,1-3H3,(H,13,15)/t12-/m1/s1. The largest absolute Gasteiger partial charge is 0.444 e. The second-order valence-electron chi connectivity index (χ2n) is 5.88. The summed E-state index contributed by atoms with van der Waals surface area (Å²) in [6.45, 7) is 7.16. The summed E-state index contributed by atoms with van der Waals surface area (Å²) >= 11 is 0. The Bertz CT molecular complexity index is 379. The summed E-state index contributed by atoms with van der Waals surface area (Å²) in [5, 5.41) is 2.60. The fraction of sp³-hybridized carbons (Fsp3) is 0.833. The lowest BCUT2D eigenvalue weighted by Crippen LogP contribution is -2.50. The molecule has 2 aliphatic heterocycles. The number of carbonyl (C=O) groups excluding carboxylic acids is 2. The molecule has 0 aromatic carbocycles. The molecule has 19 heavy (non-hydrogen) atoms. The van der Waals surface area contributed by atoms with Gasteiger partial charge in [0.15, 0.2) is 5.60 Å². The Morgan fingerprint density at radius 1 is 1.47 bits per heavy atom. The van der Waals surface area contributed by atoms with Crippen LogP contribution in [-0.2, 0) is 14.2 Å². The molecule has 1 atom stereocenters. The van der Waals surface area contributed by atoms with E-state index in [4.69, 9.17) is 14.2 Å². The molecule has 2 rings (SSSR count). The number of alkyl carbamates (subject to hydrolysis) is 1. The van der Waals surface area contributed by atoms with E-state index in [-0.39, 0.29) is 13.2 Å². The van der Waals surface area contributed by atoms with Gasteiger partial charge in [0, 0.05) is 6.54 Å². The van der Waals surface area contributed by atoms with Crippen molar-refractivity contribution in [1.82, 2.24) is 10.2 Å². The smallest absolute Gasteiger partial charge is 0.410 e. The van der Waals surface area contributed by atoms with Crippen molar-refractivity contribution in [3.8, 4) is 0 Å². The average molecular weight is 272 g/mol. The Balaban J connectivity index is 2.04. The summed E-state index contributed by atoms with van der Waals surface area (Å²) in [4.78, 5) is 24.8. The average Bonchev–Trinajstić information content (AvgIpc) is 2.51. The molecule has 0 bridgehead atoms. The van der Waals surface area contributed by atoms with Crippen molar-refractivity contribution in [1.29, 1.82) is 0 Å². The first-order valence-corrected chi connectivity index (χ1v) is 6.32. The molecule has 1 spiro atoms. The van der Waals surface area contributed by atoms with Crippen LogP contribution in [0.4, 0.5) is 9.59 Å². The Kier molecular flexibility index (Phi) is 3.58. The molecular formula is C12H20N2O5.